The lowest BCUT2D eigenvalue weighted by molar-refractivity contribution is 0.249. The van der Waals surface area contributed by atoms with E-state index >= 15 is 0 Å². The summed E-state index contributed by atoms with van der Waals surface area (Å²) in [6.45, 7) is 7.08. The van der Waals surface area contributed by atoms with Crippen molar-refractivity contribution in [1.29, 1.82) is 0 Å². The molecule has 0 spiro atoms. The fourth-order valence-electron chi connectivity index (χ4n) is 1.32. The molecule has 0 radical (unpaired) electrons. The first-order chi connectivity index (χ1) is 7.99. The molecule has 0 aromatic carbocycles. The second kappa shape index (κ2) is 6.03. The first-order valence-electron chi connectivity index (χ1n) is 5.62. The van der Waals surface area contributed by atoms with Crippen LogP contribution in [0.15, 0.2) is 6.07 Å². The Kier molecular flexibility index (Phi) is 4.68. The lowest BCUT2D eigenvalue weighted by Gasteiger charge is -2.10. The molecule has 0 atom stereocenters. The monoisotopic (exact) mass is 237 g/mol. The summed E-state index contributed by atoms with van der Waals surface area (Å²) in [4.78, 5) is 19.2. The van der Waals surface area contributed by atoms with Crippen LogP contribution in [0.3, 0.4) is 0 Å². The molecule has 0 bridgehead atoms. The molecule has 0 unspecified atom stereocenters. The second-order valence-electron chi connectivity index (χ2n) is 4.13. The van der Waals surface area contributed by atoms with E-state index in [4.69, 9.17) is 5.73 Å². The van der Waals surface area contributed by atoms with E-state index in [1.165, 1.54) is 0 Å². The molecule has 0 aliphatic heterocycles. The Morgan fingerprint density at radius 1 is 1.41 bits per heavy atom. The fraction of sp³-hybridized carbons (Fsp3) is 0.545. The van der Waals surface area contributed by atoms with E-state index in [1.807, 2.05) is 26.8 Å². The first kappa shape index (κ1) is 13.2. The minimum absolute atomic E-state index is 0.291. The van der Waals surface area contributed by atoms with E-state index in [0.717, 1.165) is 17.3 Å². The van der Waals surface area contributed by atoms with E-state index in [0.29, 0.717) is 19.0 Å². The van der Waals surface area contributed by atoms with Gasteiger partial charge in [-0.3, -0.25) is 0 Å². The maximum Gasteiger partial charge on any atom is 0.312 e. The molecule has 2 amide bonds. The Morgan fingerprint density at radius 3 is 2.71 bits per heavy atom. The van der Waals surface area contributed by atoms with Crippen molar-refractivity contribution in [3.05, 3.63) is 17.6 Å². The van der Waals surface area contributed by atoms with Gasteiger partial charge in [0, 0.05) is 30.8 Å². The number of anilines is 1. The number of carbonyl (C=O) groups excluding carboxylic acids is 1. The zero-order valence-corrected chi connectivity index (χ0v) is 10.4. The number of hydrogen-bond acceptors (Lipinski definition) is 4. The van der Waals surface area contributed by atoms with Crippen molar-refractivity contribution in [3.63, 3.8) is 0 Å². The maximum atomic E-state index is 10.5. The molecule has 1 aromatic heterocycles. The SMILES string of the molecule is Cc1cc(NCCNC(N)=O)nc(C(C)C)n1. The molecule has 1 aromatic rings. The molecular weight excluding hydrogens is 218 g/mol. The Labute approximate surface area is 101 Å². The van der Waals surface area contributed by atoms with Crippen molar-refractivity contribution in [2.75, 3.05) is 18.4 Å². The Hall–Kier alpha value is -1.85. The molecule has 1 heterocycles. The van der Waals surface area contributed by atoms with Gasteiger partial charge in [0.25, 0.3) is 0 Å². The summed E-state index contributed by atoms with van der Waals surface area (Å²) < 4.78 is 0. The molecule has 17 heavy (non-hydrogen) atoms. The molecule has 0 aliphatic carbocycles. The summed E-state index contributed by atoms with van der Waals surface area (Å²) in [5, 5.41) is 5.62. The van der Waals surface area contributed by atoms with Crippen molar-refractivity contribution in [2.45, 2.75) is 26.7 Å². The second-order valence-corrected chi connectivity index (χ2v) is 4.13. The third-order valence-corrected chi connectivity index (χ3v) is 2.12. The van der Waals surface area contributed by atoms with E-state index in [-0.39, 0.29) is 0 Å². The van der Waals surface area contributed by atoms with Crippen LogP contribution in [0.4, 0.5) is 10.6 Å². The number of nitrogens with one attached hydrogen (secondary N) is 2. The average Bonchev–Trinajstić information content (AvgIpc) is 2.23. The van der Waals surface area contributed by atoms with Gasteiger partial charge in [-0.2, -0.15) is 0 Å². The highest BCUT2D eigenvalue weighted by molar-refractivity contribution is 5.71. The van der Waals surface area contributed by atoms with Crippen LogP contribution in [0, 0.1) is 6.92 Å². The first-order valence-corrected chi connectivity index (χ1v) is 5.62. The van der Waals surface area contributed by atoms with Crippen LogP contribution in [0.1, 0.15) is 31.3 Å². The van der Waals surface area contributed by atoms with Crippen molar-refractivity contribution in [1.82, 2.24) is 15.3 Å². The van der Waals surface area contributed by atoms with Gasteiger partial charge in [0.1, 0.15) is 11.6 Å². The normalized spacial score (nSPS) is 10.4. The number of aryl methyl sites for hydroxylation is 1. The minimum atomic E-state index is -0.520. The number of rotatable bonds is 5. The average molecular weight is 237 g/mol. The molecule has 0 aliphatic rings. The predicted octanol–water partition coefficient (Wildman–Crippen LogP) is 0.989. The predicted molar refractivity (Wildman–Crippen MR) is 66.9 cm³/mol. The molecule has 94 valence electrons. The highest BCUT2D eigenvalue weighted by Gasteiger charge is 2.05. The number of carbonyl (C=O) groups is 1. The van der Waals surface area contributed by atoms with Crippen molar-refractivity contribution >= 4 is 11.8 Å². The summed E-state index contributed by atoms with van der Waals surface area (Å²) in [6, 6.07) is 1.35. The van der Waals surface area contributed by atoms with Gasteiger partial charge in [0.15, 0.2) is 0 Å². The summed E-state index contributed by atoms with van der Waals surface area (Å²) in [7, 11) is 0. The zero-order chi connectivity index (χ0) is 12.8. The van der Waals surface area contributed by atoms with Crippen LogP contribution in [0.5, 0.6) is 0 Å². The Morgan fingerprint density at radius 2 is 2.12 bits per heavy atom. The molecular formula is C11H19N5O. The zero-order valence-electron chi connectivity index (χ0n) is 10.4. The molecule has 0 saturated heterocycles. The fourth-order valence-corrected chi connectivity index (χ4v) is 1.32. The van der Waals surface area contributed by atoms with Crippen LogP contribution in [0.25, 0.3) is 0 Å². The van der Waals surface area contributed by atoms with Gasteiger partial charge in [-0.15, -0.1) is 0 Å². The van der Waals surface area contributed by atoms with Gasteiger partial charge in [0.05, 0.1) is 0 Å². The number of urea groups is 1. The molecule has 0 fully saturated rings. The lowest BCUT2D eigenvalue weighted by atomic mass is 10.2. The summed E-state index contributed by atoms with van der Waals surface area (Å²) >= 11 is 0. The largest absolute Gasteiger partial charge is 0.368 e. The molecule has 6 nitrogen and oxygen atoms in total. The van der Waals surface area contributed by atoms with Gasteiger partial charge >= 0.3 is 6.03 Å². The number of primary amides is 1. The molecule has 1 rings (SSSR count). The highest BCUT2D eigenvalue weighted by atomic mass is 16.2. The summed E-state index contributed by atoms with van der Waals surface area (Å²) in [5.41, 5.74) is 5.88. The standard InChI is InChI=1S/C11H19N5O/c1-7(2)10-15-8(3)6-9(16-10)13-4-5-14-11(12)17/h6-7H,4-5H2,1-3H3,(H3,12,14,17)(H,13,15,16). The molecule has 4 N–H and O–H groups in total. The van der Waals surface area contributed by atoms with E-state index in [1.54, 1.807) is 0 Å². The van der Waals surface area contributed by atoms with Crippen molar-refractivity contribution in [2.24, 2.45) is 5.73 Å². The van der Waals surface area contributed by atoms with Crippen LogP contribution < -0.4 is 16.4 Å². The number of nitrogens with two attached hydrogens (primary N) is 1. The van der Waals surface area contributed by atoms with E-state index in [2.05, 4.69) is 20.6 Å². The van der Waals surface area contributed by atoms with Crippen molar-refractivity contribution in [3.8, 4) is 0 Å². The number of amides is 2. The number of aromatic nitrogens is 2. The van der Waals surface area contributed by atoms with Crippen molar-refractivity contribution < 1.29 is 4.79 Å². The van der Waals surface area contributed by atoms with Gasteiger partial charge < -0.3 is 16.4 Å². The molecule has 0 saturated carbocycles. The third-order valence-electron chi connectivity index (χ3n) is 2.12. The van der Waals surface area contributed by atoms with Crippen LogP contribution in [-0.4, -0.2) is 29.1 Å². The van der Waals surface area contributed by atoms with Crippen LogP contribution >= 0.6 is 0 Å². The molecule has 6 heteroatoms. The van der Waals surface area contributed by atoms with E-state index in [9.17, 15) is 4.79 Å². The lowest BCUT2D eigenvalue weighted by Crippen LogP contribution is -2.33. The smallest absolute Gasteiger partial charge is 0.312 e. The quantitative estimate of drug-likeness (QED) is 0.666. The third kappa shape index (κ3) is 4.67. The summed E-state index contributed by atoms with van der Waals surface area (Å²) in [6.07, 6.45) is 0. The topological polar surface area (TPSA) is 92.9 Å². The van der Waals surface area contributed by atoms with Gasteiger partial charge in [-0.1, -0.05) is 13.8 Å². The Balaban J connectivity index is 2.55. The van der Waals surface area contributed by atoms with Gasteiger partial charge in [0.2, 0.25) is 0 Å². The Bertz CT molecular complexity index is 391. The summed E-state index contributed by atoms with van der Waals surface area (Å²) in [5.74, 6) is 1.88. The van der Waals surface area contributed by atoms with Crippen LogP contribution in [-0.2, 0) is 0 Å². The maximum absolute atomic E-state index is 10.5. The highest BCUT2D eigenvalue weighted by Crippen LogP contribution is 2.13. The number of hydrogen-bond donors (Lipinski definition) is 3. The number of nitrogens with zero attached hydrogens (tertiary/aromatic N) is 2. The minimum Gasteiger partial charge on any atom is -0.368 e. The van der Waals surface area contributed by atoms with Gasteiger partial charge in [-0.25, -0.2) is 14.8 Å². The van der Waals surface area contributed by atoms with Crippen LogP contribution in [0.2, 0.25) is 0 Å². The van der Waals surface area contributed by atoms with E-state index < -0.39 is 6.03 Å². The van der Waals surface area contributed by atoms with Gasteiger partial charge in [-0.05, 0) is 6.92 Å².